The molecule has 1 aliphatic rings. The fourth-order valence-electron chi connectivity index (χ4n) is 2.05. The van der Waals surface area contributed by atoms with Crippen LogP contribution in [-0.2, 0) is 9.84 Å². The maximum absolute atomic E-state index is 13.8. The minimum absolute atomic E-state index is 0.236. The van der Waals surface area contributed by atoms with Crippen LogP contribution in [0.4, 0.5) is 10.1 Å². The predicted molar refractivity (Wildman–Crippen MR) is 69.2 cm³/mol. The third kappa shape index (κ3) is 2.81. The Kier molecular flexibility index (Phi) is 3.59. The van der Waals surface area contributed by atoms with Crippen LogP contribution in [0.5, 0.6) is 0 Å². The van der Waals surface area contributed by atoms with Gasteiger partial charge in [0.2, 0.25) is 0 Å². The normalized spacial score (nSPS) is 18.1. The van der Waals surface area contributed by atoms with Crippen molar-refractivity contribution in [1.29, 1.82) is 0 Å². The van der Waals surface area contributed by atoms with Gasteiger partial charge in [-0.1, -0.05) is 0 Å². The molecule has 1 aromatic carbocycles. The highest BCUT2D eigenvalue weighted by atomic mass is 32.2. The number of hydrogen-bond acceptors (Lipinski definition) is 4. The summed E-state index contributed by atoms with van der Waals surface area (Å²) < 4.78 is 36.4. The van der Waals surface area contributed by atoms with Gasteiger partial charge in [-0.3, -0.25) is 0 Å². The summed E-state index contributed by atoms with van der Waals surface area (Å²) in [5.41, 5.74) is 0.744. The lowest BCUT2D eigenvalue weighted by molar-refractivity contribution is 0.312. The van der Waals surface area contributed by atoms with Crippen LogP contribution >= 0.6 is 0 Å². The van der Waals surface area contributed by atoms with Gasteiger partial charge in [-0.25, -0.2) is 12.8 Å². The van der Waals surface area contributed by atoms with Gasteiger partial charge >= 0.3 is 0 Å². The SMILES string of the molecule is CN1CCN(c2ccc(S(C)(=O)=O)c(F)c2)CC1. The summed E-state index contributed by atoms with van der Waals surface area (Å²) in [7, 11) is -1.45. The molecule has 100 valence electrons. The highest BCUT2D eigenvalue weighted by Gasteiger charge is 2.18. The molecule has 18 heavy (non-hydrogen) atoms. The number of nitrogens with zero attached hydrogens (tertiary/aromatic N) is 2. The van der Waals surface area contributed by atoms with Gasteiger partial charge < -0.3 is 9.80 Å². The molecule has 0 bridgehead atoms. The maximum Gasteiger partial charge on any atom is 0.178 e. The number of benzene rings is 1. The van der Waals surface area contributed by atoms with Crippen molar-refractivity contribution in [2.75, 3.05) is 44.4 Å². The monoisotopic (exact) mass is 272 g/mol. The molecule has 4 nitrogen and oxygen atoms in total. The van der Waals surface area contributed by atoms with E-state index in [2.05, 4.69) is 9.80 Å². The largest absolute Gasteiger partial charge is 0.369 e. The molecular formula is C12H17FN2O2S. The van der Waals surface area contributed by atoms with Crippen LogP contribution < -0.4 is 4.90 Å². The molecule has 0 unspecified atom stereocenters. The molecule has 0 spiro atoms. The average Bonchev–Trinajstić information content (AvgIpc) is 2.28. The Morgan fingerprint density at radius 2 is 1.78 bits per heavy atom. The van der Waals surface area contributed by atoms with Crippen molar-refractivity contribution in [3.8, 4) is 0 Å². The minimum Gasteiger partial charge on any atom is -0.369 e. The minimum atomic E-state index is -3.49. The number of piperazine rings is 1. The summed E-state index contributed by atoms with van der Waals surface area (Å²) in [6.45, 7) is 3.51. The highest BCUT2D eigenvalue weighted by molar-refractivity contribution is 7.90. The van der Waals surface area contributed by atoms with Crippen LogP contribution in [0, 0.1) is 5.82 Å². The molecule has 2 rings (SSSR count). The van der Waals surface area contributed by atoms with E-state index in [-0.39, 0.29) is 4.90 Å². The summed E-state index contributed by atoms with van der Waals surface area (Å²) in [6, 6.07) is 4.32. The summed E-state index contributed by atoms with van der Waals surface area (Å²) in [5.74, 6) is -0.672. The van der Waals surface area contributed by atoms with E-state index < -0.39 is 15.7 Å². The molecule has 1 aromatic rings. The van der Waals surface area contributed by atoms with Crippen LogP contribution in [0.1, 0.15) is 0 Å². The molecule has 0 amide bonds. The topological polar surface area (TPSA) is 40.6 Å². The lowest BCUT2D eigenvalue weighted by Gasteiger charge is -2.34. The fourth-order valence-corrected chi connectivity index (χ4v) is 2.78. The van der Waals surface area contributed by atoms with Crippen LogP contribution in [0.25, 0.3) is 0 Å². The zero-order valence-electron chi connectivity index (χ0n) is 10.6. The molecule has 0 saturated carbocycles. The van der Waals surface area contributed by atoms with Crippen LogP contribution in [0.2, 0.25) is 0 Å². The van der Waals surface area contributed by atoms with Crippen molar-refractivity contribution in [3.05, 3.63) is 24.0 Å². The van der Waals surface area contributed by atoms with Crippen LogP contribution in [0.15, 0.2) is 23.1 Å². The standard InChI is InChI=1S/C12H17FN2O2S/c1-14-5-7-15(8-6-14)10-3-4-12(11(13)9-10)18(2,16)17/h3-4,9H,5-8H2,1-2H3. The van der Waals surface area contributed by atoms with Gasteiger partial charge in [0.05, 0.1) is 0 Å². The molecule has 6 heteroatoms. The zero-order valence-corrected chi connectivity index (χ0v) is 11.4. The molecule has 1 heterocycles. The van der Waals surface area contributed by atoms with E-state index in [1.54, 1.807) is 6.07 Å². The van der Waals surface area contributed by atoms with E-state index in [0.29, 0.717) is 0 Å². The molecule has 0 aromatic heterocycles. The van der Waals surface area contributed by atoms with E-state index in [0.717, 1.165) is 38.1 Å². The Morgan fingerprint density at radius 3 is 2.28 bits per heavy atom. The lowest BCUT2D eigenvalue weighted by Crippen LogP contribution is -2.44. The number of anilines is 1. The van der Waals surface area contributed by atoms with Crippen LogP contribution in [-0.4, -0.2) is 52.8 Å². The van der Waals surface area contributed by atoms with Crippen molar-refractivity contribution in [3.63, 3.8) is 0 Å². The van der Waals surface area contributed by atoms with E-state index in [1.807, 2.05) is 7.05 Å². The van der Waals surface area contributed by atoms with Crippen molar-refractivity contribution in [2.45, 2.75) is 4.90 Å². The van der Waals surface area contributed by atoms with Gasteiger partial charge in [0.25, 0.3) is 0 Å². The Hall–Kier alpha value is -1.14. The van der Waals surface area contributed by atoms with Crippen molar-refractivity contribution >= 4 is 15.5 Å². The fraction of sp³-hybridized carbons (Fsp3) is 0.500. The molecule has 0 aliphatic carbocycles. The number of rotatable bonds is 2. The van der Waals surface area contributed by atoms with E-state index in [4.69, 9.17) is 0 Å². The summed E-state index contributed by atoms with van der Waals surface area (Å²) in [4.78, 5) is 4.03. The van der Waals surface area contributed by atoms with Gasteiger partial charge in [0.15, 0.2) is 9.84 Å². The number of hydrogen-bond donors (Lipinski definition) is 0. The first-order valence-electron chi connectivity index (χ1n) is 5.81. The second kappa shape index (κ2) is 4.85. The first-order chi connectivity index (χ1) is 8.38. The van der Waals surface area contributed by atoms with Gasteiger partial charge in [-0.05, 0) is 25.2 Å². The third-order valence-corrected chi connectivity index (χ3v) is 4.31. The Bertz CT molecular complexity index is 537. The number of likely N-dealkylation sites (N-methyl/N-ethyl adjacent to an activating group) is 1. The lowest BCUT2D eigenvalue weighted by atomic mass is 10.2. The van der Waals surface area contributed by atoms with Gasteiger partial charge in [-0.15, -0.1) is 0 Å². The highest BCUT2D eigenvalue weighted by Crippen LogP contribution is 2.22. The molecule has 0 N–H and O–H groups in total. The smallest absolute Gasteiger partial charge is 0.178 e. The number of sulfone groups is 1. The molecule has 0 radical (unpaired) electrons. The van der Waals surface area contributed by atoms with Crippen molar-refractivity contribution < 1.29 is 12.8 Å². The van der Waals surface area contributed by atoms with E-state index >= 15 is 0 Å². The van der Waals surface area contributed by atoms with Crippen LogP contribution in [0.3, 0.4) is 0 Å². The van der Waals surface area contributed by atoms with Gasteiger partial charge in [0.1, 0.15) is 10.7 Å². The van der Waals surface area contributed by atoms with Gasteiger partial charge in [-0.2, -0.15) is 0 Å². The Labute approximate surface area is 107 Å². The number of halogens is 1. The quantitative estimate of drug-likeness (QED) is 0.805. The molecule has 1 aliphatic heterocycles. The average molecular weight is 272 g/mol. The summed E-state index contributed by atoms with van der Waals surface area (Å²) in [6.07, 6.45) is 1.01. The molecule has 1 fully saturated rings. The van der Waals surface area contributed by atoms with E-state index in [9.17, 15) is 12.8 Å². The predicted octanol–water partition coefficient (Wildman–Crippen LogP) is 0.981. The first kappa shape index (κ1) is 13.3. The second-order valence-corrected chi connectivity index (χ2v) is 6.66. The molecular weight excluding hydrogens is 255 g/mol. The molecule has 1 saturated heterocycles. The Morgan fingerprint density at radius 1 is 1.17 bits per heavy atom. The molecule has 0 atom stereocenters. The maximum atomic E-state index is 13.8. The zero-order chi connectivity index (χ0) is 13.3. The Balaban J connectivity index is 2.24. The second-order valence-electron chi connectivity index (χ2n) is 4.68. The van der Waals surface area contributed by atoms with Gasteiger partial charge in [0, 0.05) is 38.1 Å². The third-order valence-electron chi connectivity index (χ3n) is 3.18. The van der Waals surface area contributed by atoms with E-state index in [1.165, 1.54) is 12.1 Å². The summed E-state index contributed by atoms with van der Waals surface area (Å²) in [5, 5.41) is 0. The van der Waals surface area contributed by atoms with Crippen molar-refractivity contribution in [1.82, 2.24) is 4.90 Å². The first-order valence-corrected chi connectivity index (χ1v) is 7.70. The van der Waals surface area contributed by atoms with Crippen molar-refractivity contribution in [2.24, 2.45) is 0 Å². The summed E-state index contributed by atoms with van der Waals surface area (Å²) >= 11 is 0.